The second-order valence-electron chi connectivity index (χ2n) is 6.29. The molecule has 1 aromatic carbocycles. The molecule has 0 fully saturated rings. The molecule has 7 nitrogen and oxygen atoms in total. The largest absolute Gasteiger partial charge is 0.497 e. The van der Waals surface area contributed by atoms with Crippen LogP contribution in [0, 0.1) is 6.92 Å². The van der Waals surface area contributed by atoms with Crippen molar-refractivity contribution in [1.82, 2.24) is 10.2 Å². The van der Waals surface area contributed by atoms with Crippen LogP contribution < -0.4 is 10.1 Å². The molecule has 1 amide bonds. The molecule has 0 radical (unpaired) electrons. The van der Waals surface area contributed by atoms with E-state index in [9.17, 15) is 9.59 Å². The van der Waals surface area contributed by atoms with Crippen molar-refractivity contribution >= 4 is 11.9 Å². The second-order valence-corrected chi connectivity index (χ2v) is 6.29. The van der Waals surface area contributed by atoms with E-state index in [4.69, 9.17) is 13.9 Å². The number of carbonyl (C=O) groups excluding carboxylic acids is 2. The summed E-state index contributed by atoms with van der Waals surface area (Å²) >= 11 is 0. The summed E-state index contributed by atoms with van der Waals surface area (Å²) in [6, 6.07) is 9.42. The van der Waals surface area contributed by atoms with E-state index in [0.29, 0.717) is 30.2 Å². The van der Waals surface area contributed by atoms with E-state index in [1.165, 1.54) is 7.11 Å². The van der Waals surface area contributed by atoms with E-state index in [2.05, 4.69) is 5.32 Å². The van der Waals surface area contributed by atoms with Gasteiger partial charge in [0.15, 0.2) is 0 Å². The fraction of sp³-hybridized carbons (Fsp3) is 0.400. The summed E-state index contributed by atoms with van der Waals surface area (Å²) in [7, 11) is 4.78. The van der Waals surface area contributed by atoms with Gasteiger partial charge in [0.1, 0.15) is 22.8 Å². The third kappa shape index (κ3) is 6.14. The zero-order valence-electron chi connectivity index (χ0n) is 16.2. The van der Waals surface area contributed by atoms with Gasteiger partial charge >= 0.3 is 5.97 Å². The predicted molar refractivity (Wildman–Crippen MR) is 101 cm³/mol. The SMILES string of the molecule is COC(=O)c1cc(CN(C)CC(=O)NCCc2ccc(OC)cc2)oc1C. The molecule has 27 heavy (non-hydrogen) atoms. The monoisotopic (exact) mass is 374 g/mol. The van der Waals surface area contributed by atoms with Crippen LogP contribution in [-0.2, 0) is 22.5 Å². The number of likely N-dealkylation sites (N-methyl/N-ethyl adjacent to an activating group) is 1. The first-order chi connectivity index (χ1) is 12.9. The third-order valence-corrected chi connectivity index (χ3v) is 4.11. The summed E-state index contributed by atoms with van der Waals surface area (Å²) in [5.41, 5.74) is 1.54. The molecule has 1 aromatic heterocycles. The van der Waals surface area contributed by atoms with Gasteiger partial charge in [0.25, 0.3) is 0 Å². The maximum Gasteiger partial charge on any atom is 0.341 e. The summed E-state index contributed by atoms with van der Waals surface area (Å²) < 4.78 is 15.4. The first kappa shape index (κ1) is 20.5. The van der Waals surface area contributed by atoms with Crippen molar-refractivity contribution in [2.75, 3.05) is 34.4 Å². The maximum absolute atomic E-state index is 12.1. The predicted octanol–water partition coefficient (Wildman–Crippen LogP) is 2.17. The minimum atomic E-state index is -0.429. The van der Waals surface area contributed by atoms with Crippen LogP contribution in [0.4, 0.5) is 0 Å². The van der Waals surface area contributed by atoms with Gasteiger partial charge in [0.2, 0.25) is 5.91 Å². The Balaban J connectivity index is 1.75. The van der Waals surface area contributed by atoms with Crippen LogP contribution in [0.1, 0.15) is 27.4 Å². The molecule has 0 saturated heterocycles. The van der Waals surface area contributed by atoms with Gasteiger partial charge in [0.05, 0.1) is 27.3 Å². The molecule has 0 atom stereocenters. The van der Waals surface area contributed by atoms with E-state index in [1.807, 2.05) is 36.2 Å². The van der Waals surface area contributed by atoms with E-state index < -0.39 is 5.97 Å². The molecule has 1 heterocycles. The van der Waals surface area contributed by atoms with Gasteiger partial charge in [-0.2, -0.15) is 0 Å². The number of methoxy groups -OCH3 is 2. The van der Waals surface area contributed by atoms with Crippen molar-refractivity contribution in [3.63, 3.8) is 0 Å². The zero-order chi connectivity index (χ0) is 19.8. The lowest BCUT2D eigenvalue weighted by molar-refractivity contribution is -0.122. The first-order valence-corrected chi connectivity index (χ1v) is 8.68. The van der Waals surface area contributed by atoms with Gasteiger partial charge in [-0.1, -0.05) is 12.1 Å². The lowest BCUT2D eigenvalue weighted by atomic mass is 10.1. The van der Waals surface area contributed by atoms with E-state index >= 15 is 0 Å². The van der Waals surface area contributed by atoms with Gasteiger partial charge in [-0.3, -0.25) is 9.69 Å². The van der Waals surface area contributed by atoms with Crippen molar-refractivity contribution in [2.45, 2.75) is 19.9 Å². The Labute approximate surface area is 159 Å². The van der Waals surface area contributed by atoms with Crippen molar-refractivity contribution < 1.29 is 23.5 Å². The highest BCUT2D eigenvalue weighted by Crippen LogP contribution is 2.17. The fourth-order valence-electron chi connectivity index (χ4n) is 2.70. The Kier molecular flexibility index (Phi) is 7.43. The minimum Gasteiger partial charge on any atom is -0.497 e. The molecule has 0 unspecified atom stereocenters. The molecular weight excluding hydrogens is 348 g/mol. The van der Waals surface area contributed by atoms with Crippen molar-refractivity contribution in [3.05, 3.63) is 53.0 Å². The highest BCUT2D eigenvalue weighted by Gasteiger charge is 2.17. The topological polar surface area (TPSA) is 81.0 Å². The maximum atomic E-state index is 12.1. The van der Waals surface area contributed by atoms with Crippen molar-refractivity contribution in [2.24, 2.45) is 0 Å². The Morgan fingerprint density at radius 2 is 1.89 bits per heavy atom. The highest BCUT2D eigenvalue weighted by atomic mass is 16.5. The molecule has 0 aliphatic carbocycles. The van der Waals surface area contributed by atoms with Crippen LogP contribution in [0.15, 0.2) is 34.7 Å². The third-order valence-electron chi connectivity index (χ3n) is 4.11. The molecule has 0 aliphatic heterocycles. The van der Waals surface area contributed by atoms with E-state index in [1.54, 1.807) is 20.1 Å². The lowest BCUT2D eigenvalue weighted by Gasteiger charge is -2.14. The number of ether oxygens (including phenoxy) is 2. The molecule has 7 heteroatoms. The number of benzene rings is 1. The summed E-state index contributed by atoms with van der Waals surface area (Å²) in [5, 5.41) is 2.90. The van der Waals surface area contributed by atoms with Crippen LogP contribution in [0.2, 0.25) is 0 Å². The number of hydrogen-bond acceptors (Lipinski definition) is 6. The number of amides is 1. The second kappa shape index (κ2) is 9.78. The smallest absolute Gasteiger partial charge is 0.341 e. The molecule has 0 aliphatic rings. The van der Waals surface area contributed by atoms with Crippen LogP contribution >= 0.6 is 0 Å². The average Bonchev–Trinajstić information content (AvgIpc) is 3.01. The summed E-state index contributed by atoms with van der Waals surface area (Å²) in [5.74, 6) is 1.44. The number of nitrogens with one attached hydrogen (secondary N) is 1. The van der Waals surface area contributed by atoms with E-state index in [0.717, 1.165) is 17.7 Å². The van der Waals surface area contributed by atoms with Crippen LogP contribution in [-0.4, -0.2) is 51.1 Å². The van der Waals surface area contributed by atoms with Crippen molar-refractivity contribution in [1.29, 1.82) is 0 Å². The Bertz CT molecular complexity index is 767. The van der Waals surface area contributed by atoms with E-state index in [-0.39, 0.29) is 12.5 Å². The Morgan fingerprint density at radius 1 is 1.19 bits per heavy atom. The molecule has 0 bridgehead atoms. The molecule has 1 N–H and O–H groups in total. The average molecular weight is 374 g/mol. The Morgan fingerprint density at radius 3 is 2.52 bits per heavy atom. The minimum absolute atomic E-state index is 0.0671. The highest BCUT2D eigenvalue weighted by molar-refractivity contribution is 5.90. The standard InChI is InChI=1S/C20H26N2O5/c1-14-18(20(24)26-4)11-17(27-14)12-22(2)13-19(23)21-10-9-15-5-7-16(25-3)8-6-15/h5-8,11H,9-10,12-13H2,1-4H3,(H,21,23). The van der Waals surface area contributed by atoms with Gasteiger partial charge in [-0.05, 0) is 44.2 Å². The number of furan rings is 1. The van der Waals surface area contributed by atoms with Gasteiger partial charge in [-0.25, -0.2) is 4.79 Å². The zero-order valence-corrected chi connectivity index (χ0v) is 16.2. The van der Waals surface area contributed by atoms with Gasteiger partial charge in [0, 0.05) is 6.54 Å². The molecule has 146 valence electrons. The molecular formula is C20H26N2O5. The molecule has 2 aromatic rings. The Hall–Kier alpha value is -2.80. The lowest BCUT2D eigenvalue weighted by Crippen LogP contribution is -2.35. The van der Waals surface area contributed by atoms with Crippen LogP contribution in [0.5, 0.6) is 5.75 Å². The molecule has 0 spiro atoms. The summed E-state index contributed by atoms with van der Waals surface area (Å²) in [6.45, 7) is 2.92. The fourth-order valence-corrected chi connectivity index (χ4v) is 2.70. The van der Waals surface area contributed by atoms with Crippen molar-refractivity contribution in [3.8, 4) is 5.75 Å². The van der Waals surface area contributed by atoms with Crippen LogP contribution in [0.3, 0.4) is 0 Å². The molecule has 2 rings (SSSR count). The first-order valence-electron chi connectivity index (χ1n) is 8.68. The van der Waals surface area contributed by atoms with Gasteiger partial charge in [-0.15, -0.1) is 0 Å². The van der Waals surface area contributed by atoms with Gasteiger partial charge < -0.3 is 19.2 Å². The van der Waals surface area contributed by atoms with Crippen LogP contribution in [0.25, 0.3) is 0 Å². The number of rotatable bonds is 9. The normalized spacial score (nSPS) is 10.7. The summed E-state index contributed by atoms with van der Waals surface area (Å²) in [4.78, 5) is 25.5. The number of aryl methyl sites for hydroxylation is 1. The number of hydrogen-bond donors (Lipinski definition) is 1. The molecule has 0 saturated carbocycles. The number of carbonyl (C=O) groups is 2. The number of esters is 1. The number of nitrogens with zero attached hydrogens (tertiary/aromatic N) is 1. The summed E-state index contributed by atoms with van der Waals surface area (Å²) in [6.07, 6.45) is 0.749. The quantitative estimate of drug-likeness (QED) is 0.678.